The Morgan fingerprint density at radius 2 is 1.69 bits per heavy atom. The molecular formula is C20H24F3N5O3S. The van der Waals surface area contributed by atoms with Crippen LogP contribution in [0, 0.1) is 5.41 Å². The van der Waals surface area contributed by atoms with E-state index in [4.69, 9.17) is 9.90 Å². The first-order chi connectivity index (χ1) is 15.2. The van der Waals surface area contributed by atoms with Gasteiger partial charge >= 0.3 is 12.1 Å². The first-order valence-electron chi connectivity index (χ1n) is 10.2. The van der Waals surface area contributed by atoms with Crippen LogP contribution in [-0.2, 0) is 11.3 Å². The van der Waals surface area contributed by atoms with E-state index >= 15 is 0 Å². The summed E-state index contributed by atoms with van der Waals surface area (Å²) in [6, 6.07) is 1.75. The molecule has 2 fully saturated rings. The number of rotatable bonds is 3. The molecule has 8 nitrogen and oxygen atoms in total. The second kappa shape index (κ2) is 10.3. The van der Waals surface area contributed by atoms with Crippen molar-refractivity contribution in [3.63, 3.8) is 0 Å². The lowest BCUT2D eigenvalue weighted by Crippen LogP contribution is -2.48. The van der Waals surface area contributed by atoms with Crippen LogP contribution in [-0.4, -0.2) is 74.3 Å². The maximum atomic E-state index is 12.5. The van der Waals surface area contributed by atoms with Crippen molar-refractivity contribution in [2.75, 3.05) is 26.2 Å². The third-order valence-corrected chi connectivity index (χ3v) is 6.71. The number of aromatic nitrogens is 3. The van der Waals surface area contributed by atoms with Crippen LogP contribution in [0.3, 0.4) is 0 Å². The number of hydrogen-bond acceptors (Lipinski definition) is 7. The molecule has 0 aliphatic carbocycles. The quantitative estimate of drug-likeness (QED) is 0.734. The van der Waals surface area contributed by atoms with Crippen molar-refractivity contribution in [2.45, 2.75) is 38.4 Å². The highest BCUT2D eigenvalue weighted by Gasteiger charge is 2.39. The number of thiazole rings is 1. The number of likely N-dealkylation sites (tertiary alicyclic amines) is 2. The van der Waals surface area contributed by atoms with Crippen LogP contribution in [0.4, 0.5) is 13.2 Å². The second-order valence-corrected chi connectivity index (χ2v) is 8.91. The molecule has 4 rings (SSSR count). The van der Waals surface area contributed by atoms with Gasteiger partial charge in [-0.15, -0.1) is 11.3 Å². The van der Waals surface area contributed by atoms with Gasteiger partial charge in [0.2, 0.25) is 0 Å². The number of amides is 1. The zero-order valence-electron chi connectivity index (χ0n) is 17.3. The summed E-state index contributed by atoms with van der Waals surface area (Å²) in [5, 5.41) is 17.9. The van der Waals surface area contributed by atoms with Crippen LogP contribution in [0.1, 0.15) is 41.0 Å². The Balaban J connectivity index is 0.000000360. The predicted octanol–water partition coefficient (Wildman–Crippen LogP) is 3.08. The molecule has 2 aromatic heterocycles. The first-order valence-corrected chi connectivity index (χ1v) is 11.0. The van der Waals surface area contributed by atoms with Crippen molar-refractivity contribution in [2.24, 2.45) is 5.41 Å². The molecule has 0 bridgehead atoms. The Morgan fingerprint density at radius 1 is 1.06 bits per heavy atom. The molecule has 1 amide bonds. The zero-order valence-corrected chi connectivity index (χ0v) is 18.1. The minimum absolute atomic E-state index is 0.0888. The van der Waals surface area contributed by atoms with E-state index in [1.54, 1.807) is 29.8 Å². The average Bonchev–Trinajstić information content (AvgIpc) is 3.29. The van der Waals surface area contributed by atoms with Crippen LogP contribution in [0.2, 0.25) is 0 Å². The van der Waals surface area contributed by atoms with Gasteiger partial charge in [0.05, 0.1) is 24.5 Å². The molecule has 2 aliphatic heterocycles. The third kappa shape index (κ3) is 6.45. The van der Waals surface area contributed by atoms with Gasteiger partial charge in [0, 0.05) is 24.7 Å². The van der Waals surface area contributed by atoms with Crippen LogP contribution in [0.5, 0.6) is 0 Å². The van der Waals surface area contributed by atoms with E-state index < -0.39 is 12.1 Å². The van der Waals surface area contributed by atoms with Crippen LogP contribution in [0.15, 0.2) is 30.0 Å². The third-order valence-electron chi connectivity index (χ3n) is 5.94. The van der Waals surface area contributed by atoms with E-state index in [0.717, 1.165) is 45.6 Å². The summed E-state index contributed by atoms with van der Waals surface area (Å²) in [7, 11) is 0. The van der Waals surface area contributed by atoms with E-state index in [9.17, 15) is 18.0 Å². The van der Waals surface area contributed by atoms with Gasteiger partial charge < -0.3 is 10.0 Å². The normalized spacial score (nSPS) is 18.7. The number of hydrogen-bond donors (Lipinski definition) is 1. The molecule has 0 atom stereocenters. The molecule has 1 N–H and O–H groups in total. The molecule has 32 heavy (non-hydrogen) atoms. The highest BCUT2D eigenvalue weighted by atomic mass is 32.1. The predicted molar refractivity (Wildman–Crippen MR) is 110 cm³/mol. The van der Waals surface area contributed by atoms with Gasteiger partial charge in [-0.1, -0.05) is 0 Å². The molecule has 2 saturated heterocycles. The SMILES string of the molecule is O=C(O)C(F)(F)F.O=C(c1ccnnc1)N1CCC2(CCN(Cc3nccs3)CC2)CC1. The summed E-state index contributed by atoms with van der Waals surface area (Å²) in [6.45, 7) is 4.97. The summed E-state index contributed by atoms with van der Waals surface area (Å²) < 4.78 is 31.7. The maximum absolute atomic E-state index is 12.5. The van der Waals surface area contributed by atoms with Gasteiger partial charge in [0.25, 0.3) is 5.91 Å². The summed E-state index contributed by atoms with van der Waals surface area (Å²) in [6.07, 6.45) is 4.64. The fourth-order valence-corrected chi connectivity index (χ4v) is 4.65. The average molecular weight is 472 g/mol. The number of nitrogens with zero attached hydrogens (tertiary/aromatic N) is 5. The van der Waals surface area contributed by atoms with E-state index in [1.165, 1.54) is 17.8 Å². The number of carboxylic acid groups (broad SMARTS) is 1. The Bertz CT molecular complexity index is 878. The Hall–Kier alpha value is -2.60. The molecule has 2 aliphatic rings. The minimum atomic E-state index is -5.08. The fraction of sp³-hybridized carbons (Fsp3) is 0.550. The summed E-state index contributed by atoms with van der Waals surface area (Å²) in [5.74, 6) is -2.67. The van der Waals surface area contributed by atoms with E-state index in [2.05, 4.69) is 20.1 Å². The van der Waals surface area contributed by atoms with Crippen molar-refractivity contribution >= 4 is 23.2 Å². The lowest BCUT2D eigenvalue weighted by atomic mass is 9.71. The van der Waals surface area contributed by atoms with E-state index in [1.807, 2.05) is 16.5 Å². The monoisotopic (exact) mass is 471 g/mol. The molecule has 174 valence electrons. The Morgan fingerprint density at radius 3 is 2.19 bits per heavy atom. The van der Waals surface area contributed by atoms with Gasteiger partial charge in [-0.05, 0) is 50.3 Å². The molecule has 2 aromatic rings. The number of alkyl halides is 3. The van der Waals surface area contributed by atoms with E-state index in [0.29, 0.717) is 11.0 Å². The van der Waals surface area contributed by atoms with Gasteiger partial charge in [0.1, 0.15) is 5.01 Å². The smallest absolute Gasteiger partial charge is 0.475 e. The van der Waals surface area contributed by atoms with Crippen molar-refractivity contribution in [3.8, 4) is 0 Å². The zero-order chi connectivity index (χ0) is 23.2. The lowest BCUT2D eigenvalue weighted by molar-refractivity contribution is -0.192. The van der Waals surface area contributed by atoms with Gasteiger partial charge in [-0.2, -0.15) is 23.4 Å². The number of piperidine rings is 2. The molecule has 0 saturated carbocycles. The molecule has 1 spiro atoms. The molecule has 4 heterocycles. The number of aliphatic carboxylic acids is 1. The molecule has 0 unspecified atom stereocenters. The van der Waals surface area contributed by atoms with Crippen LogP contribution < -0.4 is 0 Å². The lowest BCUT2D eigenvalue weighted by Gasteiger charge is -2.46. The molecule has 0 aromatic carbocycles. The Kier molecular flexibility index (Phi) is 7.77. The summed E-state index contributed by atoms with van der Waals surface area (Å²) >= 11 is 1.74. The summed E-state index contributed by atoms with van der Waals surface area (Å²) in [5.41, 5.74) is 1.07. The van der Waals surface area contributed by atoms with Crippen molar-refractivity contribution in [1.29, 1.82) is 0 Å². The first kappa shape index (κ1) is 24.1. The highest BCUT2D eigenvalue weighted by Crippen LogP contribution is 2.41. The molecule has 0 radical (unpaired) electrons. The second-order valence-electron chi connectivity index (χ2n) is 7.93. The van der Waals surface area contributed by atoms with Crippen LogP contribution >= 0.6 is 11.3 Å². The molecule has 12 heteroatoms. The van der Waals surface area contributed by atoms with Crippen LogP contribution in [0.25, 0.3) is 0 Å². The Labute approximate surface area is 187 Å². The number of carboxylic acids is 1. The van der Waals surface area contributed by atoms with Gasteiger partial charge in [-0.3, -0.25) is 9.69 Å². The van der Waals surface area contributed by atoms with Crippen molar-refractivity contribution < 1.29 is 27.9 Å². The van der Waals surface area contributed by atoms with E-state index in [-0.39, 0.29) is 5.91 Å². The maximum Gasteiger partial charge on any atom is 0.490 e. The largest absolute Gasteiger partial charge is 0.490 e. The fourth-order valence-electron chi connectivity index (χ4n) is 3.99. The number of carbonyl (C=O) groups is 2. The minimum Gasteiger partial charge on any atom is -0.475 e. The van der Waals surface area contributed by atoms with Crippen molar-refractivity contribution in [3.05, 3.63) is 40.6 Å². The summed E-state index contributed by atoms with van der Waals surface area (Å²) in [4.78, 5) is 30.3. The number of halogens is 3. The number of carbonyl (C=O) groups excluding carboxylic acids is 1. The van der Waals surface area contributed by atoms with Crippen molar-refractivity contribution in [1.82, 2.24) is 25.0 Å². The molecular weight excluding hydrogens is 447 g/mol. The van der Waals surface area contributed by atoms with Gasteiger partial charge in [0.15, 0.2) is 0 Å². The topological polar surface area (TPSA) is 99.5 Å². The standard InChI is InChI=1S/C18H23N5OS.C2HF3O2/c24-17(15-1-6-20-21-13-15)23-10-4-18(5-11-23)2-8-22(9-3-18)14-16-19-7-12-25-16;3-2(4,5)1(6)7/h1,6-7,12-13H,2-5,8-11,14H2;(H,6,7). The van der Waals surface area contributed by atoms with Gasteiger partial charge in [-0.25, -0.2) is 9.78 Å². The highest BCUT2D eigenvalue weighted by molar-refractivity contribution is 7.09.